The lowest BCUT2D eigenvalue weighted by Crippen LogP contribution is -2.49. The molecule has 1 unspecified atom stereocenters. The van der Waals surface area contributed by atoms with Crippen molar-refractivity contribution in [3.63, 3.8) is 0 Å². The number of carbonyl (C=O) groups is 1. The summed E-state index contributed by atoms with van der Waals surface area (Å²) in [4.78, 5) is 11.9. The van der Waals surface area contributed by atoms with Crippen LogP contribution in [0.1, 0.15) is 32.1 Å². The second-order valence-electron chi connectivity index (χ2n) is 6.77. The Morgan fingerprint density at radius 1 is 1.19 bits per heavy atom. The van der Waals surface area contributed by atoms with Crippen molar-refractivity contribution in [1.82, 2.24) is 9.62 Å². The highest BCUT2D eigenvalue weighted by Crippen LogP contribution is 2.34. The predicted octanol–water partition coefficient (Wildman–Crippen LogP) is 0.856. The standard InChI is InChI=1S/C18H27N3O5S/c19-8-7-18(22)20-13-14-4-1-2-9-21(14)27(23,24)15-5-6-16-17(12-15)26-11-3-10-25-16/h5-6,12,14H,1-4,7-11,13,19H2,(H,20,22). The molecule has 1 amide bonds. The van der Waals surface area contributed by atoms with Crippen LogP contribution in [0, 0.1) is 0 Å². The van der Waals surface area contributed by atoms with Crippen LogP contribution in [0.25, 0.3) is 0 Å². The van der Waals surface area contributed by atoms with Gasteiger partial charge < -0.3 is 20.5 Å². The van der Waals surface area contributed by atoms with E-state index in [-0.39, 0.29) is 29.8 Å². The van der Waals surface area contributed by atoms with E-state index >= 15 is 0 Å². The second kappa shape index (κ2) is 8.90. The van der Waals surface area contributed by atoms with Gasteiger partial charge in [0.1, 0.15) is 0 Å². The van der Waals surface area contributed by atoms with E-state index < -0.39 is 10.0 Å². The van der Waals surface area contributed by atoms with Crippen LogP contribution in [0.4, 0.5) is 0 Å². The SMILES string of the molecule is NCCC(=O)NCC1CCCCN1S(=O)(=O)c1ccc2c(c1)OCCCO2. The Morgan fingerprint density at radius 2 is 1.96 bits per heavy atom. The minimum atomic E-state index is -3.69. The quantitative estimate of drug-likeness (QED) is 0.736. The summed E-state index contributed by atoms with van der Waals surface area (Å²) in [6.45, 7) is 2.05. The predicted molar refractivity (Wildman–Crippen MR) is 100 cm³/mol. The van der Waals surface area contributed by atoms with Gasteiger partial charge in [0.2, 0.25) is 15.9 Å². The van der Waals surface area contributed by atoms with Crippen LogP contribution in [0.3, 0.4) is 0 Å². The van der Waals surface area contributed by atoms with Gasteiger partial charge in [0.15, 0.2) is 11.5 Å². The smallest absolute Gasteiger partial charge is 0.243 e. The molecule has 9 heteroatoms. The van der Waals surface area contributed by atoms with Crippen LogP contribution >= 0.6 is 0 Å². The van der Waals surface area contributed by atoms with Gasteiger partial charge in [-0.1, -0.05) is 6.42 Å². The Morgan fingerprint density at radius 3 is 2.74 bits per heavy atom. The molecule has 0 aliphatic carbocycles. The fraction of sp³-hybridized carbons (Fsp3) is 0.611. The Hall–Kier alpha value is -1.84. The number of benzene rings is 1. The van der Waals surface area contributed by atoms with Gasteiger partial charge in [-0.15, -0.1) is 0 Å². The molecule has 3 N–H and O–H groups in total. The van der Waals surface area contributed by atoms with Crippen molar-refractivity contribution in [2.24, 2.45) is 5.73 Å². The van der Waals surface area contributed by atoms with Gasteiger partial charge in [0.25, 0.3) is 0 Å². The number of sulfonamides is 1. The summed E-state index contributed by atoms with van der Waals surface area (Å²) >= 11 is 0. The van der Waals surface area contributed by atoms with Gasteiger partial charge in [-0.05, 0) is 25.0 Å². The molecule has 1 atom stereocenters. The third-order valence-corrected chi connectivity index (χ3v) is 6.75. The maximum absolute atomic E-state index is 13.2. The van der Waals surface area contributed by atoms with E-state index in [1.54, 1.807) is 12.1 Å². The zero-order chi connectivity index (χ0) is 19.3. The van der Waals surface area contributed by atoms with E-state index in [1.807, 2.05) is 0 Å². The van der Waals surface area contributed by atoms with E-state index in [0.717, 1.165) is 19.3 Å². The van der Waals surface area contributed by atoms with Crippen LogP contribution in [0.5, 0.6) is 11.5 Å². The van der Waals surface area contributed by atoms with E-state index in [9.17, 15) is 13.2 Å². The minimum absolute atomic E-state index is 0.156. The summed E-state index contributed by atoms with van der Waals surface area (Å²) in [7, 11) is -3.69. The normalized spacial score (nSPS) is 20.7. The van der Waals surface area contributed by atoms with Crippen LogP contribution in [0.15, 0.2) is 23.1 Å². The molecule has 2 heterocycles. The summed E-state index contributed by atoms with van der Waals surface area (Å²) in [6.07, 6.45) is 3.45. The number of ether oxygens (including phenoxy) is 2. The Labute approximate surface area is 160 Å². The molecule has 1 saturated heterocycles. The molecule has 8 nitrogen and oxygen atoms in total. The molecule has 1 aromatic carbocycles. The van der Waals surface area contributed by atoms with Crippen LogP contribution in [0.2, 0.25) is 0 Å². The molecule has 0 radical (unpaired) electrons. The van der Waals surface area contributed by atoms with E-state index in [4.69, 9.17) is 15.2 Å². The summed E-state index contributed by atoms with van der Waals surface area (Å²) < 4.78 is 39.2. The number of hydrogen-bond acceptors (Lipinski definition) is 6. The number of nitrogens with one attached hydrogen (secondary N) is 1. The highest BCUT2D eigenvalue weighted by Gasteiger charge is 2.34. The van der Waals surface area contributed by atoms with Crippen molar-refractivity contribution in [2.75, 3.05) is 32.8 Å². The number of fused-ring (bicyclic) bond motifs is 1. The Bertz CT molecular complexity index is 768. The van der Waals surface area contributed by atoms with Gasteiger partial charge in [-0.2, -0.15) is 4.31 Å². The molecule has 27 heavy (non-hydrogen) atoms. The van der Waals surface area contributed by atoms with E-state index in [0.29, 0.717) is 44.2 Å². The maximum Gasteiger partial charge on any atom is 0.243 e. The first-order chi connectivity index (χ1) is 13.0. The van der Waals surface area contributed by atoms with E-state index in [1.165, 1.54) is 10.4 Å². The van der Waals surface area contributed by atoms with Crippen molar-refractivity contribution in [3.05, 3.63) is 18.2 Å². The number of hydrogen-bond donors (Lipinski definition) is 2. The van der Waals surface area contributed by atoms with Gasteiger partial charge in [-0.3, -0.25) is 4.79 Å². The molecule has 2 aliphatic rings. The van der Waals surface area contributed by atoms with Crippen molar-refractivity contribution >= 4 is 15.9 Å². The lowest BCUT2D eigenvalue weighted by molar-refractivity contribution is -0.121. The van der Waals surface area contributed by atoms with Gasteiger partial charge >= 0.3 is 0 Å². The van der Waals surface area contributed by atoms with Crippen molar-refractivity contribution in [2.45, 2.75) is 43.0 Å². The van der Waals surface area contributed by atoms with Gasteiger partial charge in [0, 0.05) is 44.6 Å². The lowest BCUT2D eigenvalue weighted by atomic mass is 10.1. The maximum atomic E-state index is 13.2. The van der Waals surface area contributed by atoms with Gasteiger partial charge in [-0.25, -0.2) is 8.42 Å². The molecule has 1 aromatic rings. The number of rotatable bonds is 6. The molecule has 3 rings (SSSR count). The first-order valence-electron chi connectivity index (χ1n) is 9.40. The molecule has 150 valence electrons. The lowest BCUT2D eigenvalue weighted by Gasteiger charge is -2.34. The highest BCUT2D eigenvalue weighted by atomic mass is 32.2. The second-order valence-corrected chi connectivity index (χ2v) is 8.66. The largest absolute Gasteiger partial charge is 0.490 e. The average Bonchev–Trinajstić information content (AvgIpc) is 2.91. The van der Waals surface area contributed by atoms with Crippen LogP contribution < -0.4 is 20.5 Å². The number of amides is 1. The molecule has 2 aliphatic heterocycles. The van der Waals surface area contributed by atoms with Crippen LogP contribution in [-0.4, -0.2) is 57.5 Å². The zero-order valence-corrected chi connectivity index (χ0v) is 16.2. The summed E-state index contributed by atoms with van der Waals surface area (Å²) in [5.41, 5.74) is 5.39. The van der Waals surface area contributed by atoms with Crippen LogP contribution in [-0.2, 0) is 14.8 Å². The fourth-order valence-corrected chi connectivity index (χ4v) is 5.09. The third-order valence-electron chi connectivity index (χ3n) is 4.80. The number of carbonyl (C=O) groups excluding carboxylic acids is 1. The molecule has 0 bridgehead atoms. The minimum Gasteiger partial charge on any atom is -0.490 e. The molecule has 0 saturated carbocycles. The molecular formula is C18H27N3O5S. The Kier molecular flexibility index (Phi) is 6.56. The van der Waals surface area contributed by atoms with Crippen molar-refractivity contribution in [1.29, 1.82) is 0 Å². The monoisotopic (exact) mass is 397 g/mol. The average molecular weight is 397 g/mol. The fourth-order valence-electron chi connectivity index (χ4n) is 3.39. The molecule has 1 fully saturated rings. The zero-order valence-electron chi connectivity index (χ0n) is 15.4. The summed E-state index contributed by atoms with van der Waals surface area (Å²) in [5, 5.41) is 2.80. The summed E-state index contributed by atoms with van der Waals surface area (Å²) in [6, 6.07) is 4.48. The first kappa shape index (κ1) is 19.9. The molecule has 0 spiro atoms. The summed E-state index contributed by atoms with van der Waals surface area (Å²) in [5.74, 6) is 0.866. The van der Waals surface area contributed by atoms with Crippen molar-refractivity contribution < 1.29 is 22.7 Å². The van der Waals surface area contributed by atoms with Crippen molar-refractivity contribution in [3.8, 4) is 11.5 Å². The first-order valence-corrected chi connectivity index (χ1v) is 10.8. The number of nitrogens with two attached hydrogens (primary N) is 1. The molecule has 0 aromatic heterocycles. The highest BCUT2D eigenvalue weighted by molar-refractivity contribution is 7.89. The number of piperidine rings is 1. The number of nitrogens with zero attached hydrogens (tertiary/aromatic N) is 1. The van der Waals surface area contributed by atoms with Gasteiger partial charge in [0.05, 0.1) is 18.1 Å². The van der Waals surface area contributed by atoms with E-state index in [2.05, 4.69) is 5.32 Å². The third kappa shape index (κ3) is 4.72. The Balaban J connectivity index is 1.79. The molecular weight excluding hydrogens is 370 g/mol. The topological polar surface area (TPSA) is 111 Å².